The van der Waals surface area contributed by atoms with E-state index in [9.17, 15) is 4.79 Å². The predicted octanol–water partition coefficient (Wildman–Crippen LogP) is 5.02. The van der Waals surface area contributed by atoms with E-state index in [1.165, 1.54) is 0 Å². The largest absolute Gasteiger partial charge is 0.496 e. The van der Waals surface area contributed by atoms with Crippen LogP contribution < -0.4 is 10.1 Å². The van der Waals surface area contributed by atoms with Crippen molar-refractivity contribution in [3.8, 4) is 17.0 Å². The second-order valence-corrected chi connectivity index (χ2v) is 7.54. The SMILES string of the molecule is COc1ccccc1-c1cc(NC(=O)c2ccc(SCc3cccnc3)cc2)n[nH]1. The molecule has 150 valence electrons. The highest BCUT2D eigenvalue weighted by Gasteiger charge is 2.12. The van der Waals surface area contributed by atoms with E-state index in [1.54, 1.807) is 31.1 Å². The van der Waals surface area contributed by atoms with Crippen LogP contribution in [0.2, 0.25) is 0 Å². The lowest BCUT2D eigenvalue weighted by Crippen LogP contribution is -2.11. The van der Waals surface area contributed by atoms with Gasteiger partial charge in [-0.15, -0.1) is 11.8 Å². The fourth-order valence-electron chi connectivity index (χ4n) is 2.93. The summed E-state index contributed by atoms with van der Waals surface area (Å²) in [6.07, 6.45) is 3.62. The van der Waals surface area contributed by atoms with Crippen LogP contribution in [0.1, 0.15) is 15.9 Å². The van der Waals surface area contributed by atoms with Crippen LogP contribution in [0.15, 0.2) is 84.0 Å². The van der Waals surface area contributed by atoms with Gasteiger partial charge < -0.3 is 10.1 Å². The standard InChI is InChI=1S/C23H20N4O2S/c1-29-21-7-3-2-6-19(21)20-13-22(27-26-20)25-23(28)17-8-10-18(11-9-17)30-15-16-5-4-12-24-14-16/h2-14H,15H2,1H3,(H2,25,26,27,28). The predicted molar refractivity (Wildman–Crippen MR) is 119 cm³/mol. The molecule has 0 saturated carbocycles. The van der Waals surface area contributed by atoms with Crippen LogP contribution in [-0.4, -0.2) is 28.2 Å². The topological polar surface area (TPSA) is 79.9 Å². The van der Waals surface area contributed by atoms with Crippen LogP contribution in [0.5, 0.6) is 5.75 Å². The van der Waals surface area contributed by atoms with Gasteiger partial charge in [-0.25, -0.2) is 0 Å². The van der Waals surface area contributed by atoms with Gasteiger partial charge in [-0.1, -0.05) is 18.2 Å². The number of aromatic nitrogens is 3. The molecule has 0 aliphatic rings. The van der Waals surface area contributed by atoms with Crippen molar-refractivity contribution in [1.29, 1.82) is 0 Å². The fraction of sp³-hybridized carbons (Fsp3) is 0.0870. The van der Waals surface area contributed by atoms with Crippen molar-refractivity contribution >= 4 is 23.5 Å². The molecule has 0 aliphatic carbocycles. The second kappa shape index (κ2) is 9.28. The van der Waals surface area contributed by atoms with Gasteiger partial charge in [0.15, 0.2) is 5.82 Å². The Hall–Kier alpha value is -3.58. The number of rotatable bonds is 7. The first-order chi connectivity index (χ1) is 14.7. The number of ether oxygens (including phenoxy) is 1. The van der Waals surface area contributed by atoms with Crippen molar-refractivity contribution < 1.29 is 9.53 Å². The zero-order chi connectivity index (χ0) is 20.8. The summed E-state index contributed by atoms with van der Waals surface area (Å²) < 4.78 is 5.38. The lowest BCUT2D eigenvalue weighted by molar-refractivity contribution is 0.102. The van der Waals surface area contributed by atoms with Gasteiger partial charge in [0.25, 0.3) is 5.91 Å². The van der Waals surface area contributed by atoms with Crippen molar-refractivity contribution in [3.05, 3.63) is 90.3 Å². The molecule has 0 saturated heterocycles. The number of hydrogen-bond donors (Lipinski definition) is 2. The minimum atomic E-state index is -0.211. The van der Waals surface area contributed by atoms with Crippen LogP contribution in [0.3, 0.4) is 0 Å². The number of H-pyrrole nitrogens is 1. The number of benzene rings is 2. The number of pyridine rings is 1. The molecule has 2 aromatic heterocycles. The number of nitrogens with one attached hydrogen (secondary N) is 2. The maximum absolute atomic E-state index is 12.6. The van der Waals surface area contributed by atoms with Gasteiger partial charge in [0.2, 0.25) is 0 Å². The van der Waals surface area contributed by atoms with E-state index in [0.717, 1.165) is 33.2 Å². The Morgan fingerprint density at radius 3 is 2.70 bits per heavy atom. The van der Waals surface area contributed by atoms with Crippen LogP contribution in [0.4, 0.5) is 5.82 Å². The molecule has 7 heteroatoms. The van der Waals surface area contributed by atoms with Gasteiger partial charge in [-0.2, -0.15) is 5.10 Å². The number of methoxy groups -OCH3 is 1. The first kappa shape index (κ1) is 19.7. The van der Waals surface area contributed by atoms with Gasteiger partial charge in [0, 0.05) is 40.2 Å². The molecular weight excluding hydrogens is 396 g/mol. The summed E-state index contributed by atoms with van der Waals surface area (Å²) >= 11 is 1.70. The smallest absolute Gasteiger partial charge is 0.256 e. The Kier molecular flexibility index (Phi) is 6.10. The van der Waals surface area contributed by atoms with Crippen LogP contribution in [0.25, 0.3) is 11.3 Å². The Morgan fingerprint density at radius 2 is 1.93 bits per heavy atom. The third-order valence-corrected chi connectivity index (χ3v) is 5.54. The van der Waals surface area contributed by atoms with E-state index in [1.807, 2.05) is 66.9 Å². The maximum atomic E-state index is 12.6. The molecule has 4 aromatic rings. The lowest BCUT2D eigenvalue weighted by atomic mass is 10.1. The Labute approximate surface area is 178 Å². The third kappa shape index (κ3) is 4.69. The molecular formula is C23H20N4O2S. The van der Waals surface area contributed by atoms with Crippen molar-refractivity contribution in [1.82, 2.24) is 15.2 Å². The summed E-state index contributed by atoms with van der Waals surface area (Å²) in [7, 11) is 1.62. The summed E-state index contributed by atoms with van der Waals surface area (Å²) in [6, 6.07) is 20.9. The molecule has 0 atom stereocenters. The molecule has 1 amide bonds. The van der Waals surface area contributed by atoms with Crippen molar-refractivity contribution in [2.45, 2.75) is 10.6 Å². The number of hydrogen-bond acceptors (Lipinski definition) is 5. The molecule has 0 radical (unpaired) electrons. The molecule has 2 N–H and O–H groups in total. The molecule has 2 aromatic carbocycles. The van der Waals surface area contributed by atoms with E-state index in [-0.39, 0.29) is 5.91 Å². The van der Waals surface area contributed by atoms with Gasteiger partial charge in [-0.05, 0) is 48.0 Å². The summed E-state index contributed by atoms with van der Waals surface area (Å²) in [6.45, 7) is 0. The normalized spacial score (nSPS) is 10.6. The molecule has 2 heterocycles. The molecule has 30 heavy (non-hydrogen) atoms. The number of nitrogens with zero attached hydrogens (tertiary/aromatic N) is 2. The highest BCUT2D eigenvalue weighted by atomic mass is 32.2. The quantitative estimate of drug-likeness (QED) is 0.413. The van der Waals surface area contributed by atoms with E-state index < -0.39 is 0 Å². The van der Waals surface area contributed by atoms with E-state index in [2.05, 4.69) is 20.5 Å². The average Bonchev–Trinajstić information content (AvgIpc) is 3.27. The lowest BCUT2D eigenvalue weighted by Gasteiger charge is -2.05. The minimum absolute atomic E-state index is 0.211. The number of para-hydroxylation sites is 1. The van der Waals surface area contributed by atoms with Gasteiger partial charge in [0.05, 0.1) is 12.8 Å². The number of carbonyl (C=O) groups excluding carboxylic acids is 1. The zero-order valence-corrected chi connectivity index (χ0v) is 17.1. The summed E-state index contributed by atoms with van der Waals surface area (Å²) in [5.74, 6) is 1.81. The summed E-state index contributed by atoms with van der Waals surface area (Å²) in [5.41, 5.74) is 3.38. The van der Waals surface area contributed by atoms with Gasteiger partial charge >= 0.3 is 0 Å². The summed E-state index contributed by atoms with van der Waals surface area (Å²) in [4.78, 5) is 17.8. The second-order valence-electron chi connectivity index (χ2n) is 6.50. The van der Waals surface area contributed by atoms with Gasteiger partial charge in [0.1, 0.15) is 5.75 Å². The average molecular weight is 417 g/mol. The highest BCUT2D eigenvalue weighted by Crippen LogP contribution is 2.29. The first-order valence-corrected chi connectivity index (χ1v) is 10.3. The fourth-order valence-corrected chi connectivity index (χ4v) is 3.76. The van der Waals surface area contributed by atoms with E-state index in [4.69, 9.17) is 4.74 Å². The first-order valence-electron chi connectivity index (χ1n) is 9.35. The Balaban J connectivity index is 1.39. The Bertz CT molecular complexity index is 1130. The molecule has 0 spiro atoms. The molecule has 0 fully saturated rings. The number of amides is 1. The molecule has 0 aliphatic heterocycles. The molecule has 0 bridgehead atoms. The van der Waals surface area contributed by atoms with E-state index in [0.29, 0.717) is 11.4 Å². The molecule has 0 unspecified atom stereocenters. The number of anilines is 1. The minimum Gasteiger partial charge on any atom is -0.496 e. The van der Waals surface area contributed by atoms with Crippen LogP contribution >= 0.6 is 11.8 Å². The number of aromatic amines is 1. The number of thioether (sulfide) groups is 1. The van der Waals surface area contributed by atoms with Crippen LogP contribution in [0, 0.1) is 0 Å². The monoisotopic (exact) mass is 416 g/mol. The molecule has 4 rings (SSSR count). The van der Waals surface area contributed by atoms with Crippen molar-refractivity contribution in [3.63, 3.8) is 0 Å². The van der Waals surface area contributed by atoms with Crippen molar-refractivity contribution in [2.24, 2.45) is 0 Å². The van der Waals surface area contributed by atoms with E-state index >= 15 is 0 Å². The van der Waals surface area contributed by atoms with Crippen molar-refractivity contribution in [2.75, 3.05) is 12.4 Å². The zero-order valence-electron chi connectivity index (χ0n) is 16.3. The number of carbonyl (C=O) groups is 1. The highest BCUT2D eigenvalue weighted by molar-refractivity contribution is 7.98. The Morgan fingerprint density at radius 1 is 1.10 bits per heavy atom. The summed E-state index contributed by atoms with van der Waals surface area (Å²) in [5, 5.41) is 9.96. The molecule has 6 nitrogen and oxygen atoms in total. The van der Waals surface area contributed by atoms with Crippen LogP contribution in [-0.2, 0) is 5.75 Å². The third-order valence-electron chi connectivity index (χ3n) is 4.46. The maximum Gasteiger partial charge on any atom is 0.256 e. The van der Waals surface area contributed by atoms with Gasteiger partial charge in [-0.3, -0.25) is 14.9 Å².